The fraction of sp³-hybridized carbons (Fsp3) is 0.267. The van der Waals surface area contributed by atoms with Crippen molar-refractivity contribution in [3.8, 4) is 0 Å². The van der Waals surface area contributed by atoms with Gasteiger partial charge in [0.25, 0.3) is 0 Å². The third-order valence-electron chi connectivity index (χ3n) is 2.85. The minimum absolute atomic E-state index is 0.136. The second-order valence-corrected chi connectivity index (χ2v) is 4.67. The molecule has 1 aromatic heterocycles. The fourth-order valence-corrected chi connectivity index (χ4v) is 1.79. The van der Waals surface area contributed by atoms with Gasteiger partial charge in [0, 0.05) is 24.9 Å². The Bertz CT molecular complexity index is 581. The highest BCUT2D eigenvalue weighted by atomic mass is 16.5. The molecule has 0 saturated heterocycles. The van der Waals surface area contributed by atoms with Crippen molar-refractivity contribution in [2.45, 2.75) is 26.0 Å². The van der Waals surface area contributed by atoms with Crippen LogP contribution in [-0.4, -0.2) is 27.6 Å². The summed E-state index contributed by atoms with van der Waals surface area (Å²) < 4.78 is 6.47. The van der Waals surface area contributed by atoms with Crippen LogP contribution in [-0.2, 0) is 11.3 Å². The quantitative estimate of drug-likeness (QED) is 0.915. The number of alkyl carbamates (subject to hydrolysis) is 1. The fourth-order valence-electron chi connectivity index (χ4n) is 1.79. The van der Waals surface area contributed by atoms with E-state index in [2.05, 4.69) is 10.3 Å². The summed E-state index contributed by atoms with van der Waals surface area (Å²) in [6.07, 6.45) is 4.18. The number of amides is 1. The maximum absolute atomic E-state index is 11.8. The summed E-state index contributed by atoms with van der Waals surface area (Å²) in [5.41, 5.74) is 0.912. The Morgan fingerprint density at radius 1 is 1.33 bits per heavy atom. The number of carbonyl (C=O) groups is 2. The lowest BCUT2D eigenvalue weighted by atomic mass is 10.2. The zero-order valence-corrected chi connectivity index (χ0v) is 11.7. The first-order valence-corrected chi connectivity index (χ1v) is 6.63. The summed E-state index contributed by atoms with van der Waals surface area (Å²) in [6.45, 7) is 1.95. The molecule has 6 heteroatoms. The van der Waals surface area contributed by atoms with Gasteiger partial charge in [0.2, 0.25) is 5.91 Å². The van der Waals surface area contributed by atoms with Crippen LogP contribution < -0.4 is 5.32 Å². The van der Waals surface area contributed by atoms with Gasteiger partial charge in [0.1, 0.15) is 12.9 Å². The highest BCUT2D eigenvalue weighted by molar-refractivity contribution is 5.79. The summed E-state index contributed by atoms with van der Waals surface area (Å²) in [7, 11) is 0. The molecule has 1 N–H and O–H groups in total. The van der Waals surface area contributed by atoms with Gasteiger partial charge in [-0.1, -0.05) is 30.3 Å². The van der Waals surface area contributed by atoms with Crippen molar-refractivity contribution < 1.29 is 14.3 Å². The number of carbonyl (C=O) groups excluding carboxylic acids is 2. The van der Waals surface area contributed by atoms with Crippen molar-refractivity contribution in [3.63, 3.8) is 0 Å². The molecule has 2 aromatic rings. The van der Waals surface area contributed by atoms with Crippen molar-refractivity contribution >= 4 is 12.0 Å². The number of hydrogen-bond donors (Lipinski definition) is 1. The van der Waals surface area contributed by atoms with E-state index in [1.54, 1.807) is 13.1 Å². The molecule has 0 aliphatic heterocycles. The van der Waals surface area contributed by atoms with E-state index in [1.165, 1.54) is 17.1 Å². The van der Waals surface area contributed by atoms with Gasteiger partial charge in [0.15, 0.2) is 0 Å². The molecule has 1 amide bonds. The molecule has 0 aliphatic carbocycles. The number of rotatable bonds is 5. The van der Waals surface area contributed by atoms with Crippen molar-refractivity contribution in [1.29, 1.82) is 0 Å². The number of ether oxygens (including phenoxy) is 1. The van der Waals surface area contributed by atoms with Crippen LogP contribution in [0, 0.1) is 0 Å². The minimum Gasteiger partial charge on any atom is -0.445 e. The molecule has 21 heavy (non-hydrogen) atoms. The standard InChI is InChI=1S/C15H17N3O3/c1-12(9-14(19)18-8-7-16-11-18)17-15(20)21-10-13-5-3-2-4-6-13/h2-8,11-12H,9-10H2,1H3,(H,17,20)/t12-/m1/s1. The van der Waals surface area contributed by atoms with E-state index in [1.807, 2.05) is 30.3 Å². The average Bonchev–Trinajstić information content (AvgIpc) is 3.00. The summed E-state index contributed by atoms with van der Waals surface area (Å²) in [5.74, 6) is -0.136. The van der Waals surface area contributed by atoms with Gasteiger partial charge in [-0.05, 0) is 12.5 Å². The zero-order chi connectivity index (χ0) is 15.1. The average molecular weight is 287 g/mol. The van der Waals surface area contributed by atoms with Crippen LogP contribution in [0.3, 0.4) is 0 Å². The molecule has 0 fully saturated rings. The van der Waals surface area contributed by atoms with Crippen LogP contribution in [0.2, 0.25) is 0 Å². The number of hydrogen-bond acceptors (Lipinski definition) is 4. The normalized spacial score (nSPS) is 11.7. The second-order valence-electron chi connectivity index (χ2n) is 4.67. The molecule has 0 radical (unpaired) electrons. The van der Waals surface area contributed by atoms with Crippen molar-refractivity contribution in [2.75, 3.05) is 0 Å². The maximum atomic E-state index is 11.8. The van der Waals surface area contributed by atoms with Crippen molar-refractivity contribution in [1.82, 2.24) is 14.9 Å². The Labute approximate surface area is 122 Å². The van der Waals surface area contributed by atoms with Crippen LogP contribution in [0.5, 0.6) is 0 Å². The van der Waals surface area contributed by atoms with Crippen LogP contribution in [0.15, 0.2) is 49.1 Å². The third-order valence-corrected chi connectivity index (χ3v) is 2.85. The van der Waals surface area contributed by atoms with Crippen molar-refractivity contribution in [2.24, 2.45) is 0 Å². The summed E-state index contributed by atoms with van der Waals surface area (Å²) in [6, 6.07) is 9.08. The third kappa shape index (κ3) is 4.76. The molecular weight excluding hydrogens is 270 g/mol. The van der Waals surface area contributed by atoms with Gasteiger partial charge in [0.05, 0.1) is 0 Å². The first kappa shape index (κ1) is 14.8. The molecule has 2 rings (SSSR count). The summed E-state index contributed by atoms with van der Waals surface area (Å²) in [5, 5.41) is 2.63. The van der Waals surface area contributed by atoms with E-state index in [4.69, 9.17) is 4.74 Å². The molecule has 0 spiro atoms. The lowest BCUT2D eigenvalue weighted by Gasteiger charge is -2.13. The van der Waals surface area contributed by atoms with Crippen LogP contribution in [0.4, 0.5) is 4.79 Å². The number of nitrogens with zero attached hydrogens (tertiary/aromatic N) is 2. The maximum Gasteiger partial charge on any atom is 0.407 e. The molecule has 0 unspecified atom stereocenters. The Balaban J connectivity index is 1.73. The molecule has 0 aliphatic rings. The van der Waals surface area contributed by atoms with Crippen LogP contribution in [0.25, 0.3) is 0 Å². The van der Waals surface area contributed by atoms with Crippen LogP contribution in [0.1, 0.15) is 23.7 Å². The Morgan fingerprint density at radius 3 is 2.76 bits per heavy atom. The first-order chi connectivity index (χ1) is 10.1. The van der Waals surface area contributed by atoms with Gasteiger partial charge < -0.3 is 10.1 Å². The smallest absolute Gasteiger partial charge is 0.407 e. The Morgan fingerprint density at radius 2 is 2.10 bits per heavy atom. The van der Waals surface area contributed by atoms with Crippen molar-refractivity contribution in [3.05, 3.63) is 54.6 Å². The number of imidazole rings is 1. The minimum atomic E-state index is -0.537. The Hall–Kier alpha value is -2.63. The first-order valence-electron chi connectivity index (χ1n) is 6.63. The lowest BCUT2D eigenvalue weighted by Crippen LogP contribution is -2.35. The zero-order valence-electron chi connectivity index (χ0n) is 11.7. The Kier molecular flexibility index (Phi) is 5.09. The van der Waals surface area contributed by atoms with E-state index >= 15 is 0 Å². The molecule has 0 bridgehead atoms. The number of aromatic nitrogens is 2. The van der Waals surface area contributed by atoms with Gasteiger partial charge >= 0.3 is 6.09 Å². The molecule has 1 heterocycles. The van der Waals surface area contributed by atoms with Gasteiger partial charge in [-0.25, -0.2) is 9.78 Å². The van der Waals surface area contributed by atoms with Gasteiger partial charge in [-0.15, -0.1) is 0 Å². The number of nitrogens with one attached hydrogen (secondary N) is 1. The predicted octanol–water partition coefficient (Wildman–Crippen LogP) is 2.23. The largest absolute Gasteiger partial charge is 0.445 e. The van der Waals surface area contributed by atoms with Gasteiger partial charge in [-0.2, -0.15) is 0 Å². The SMILES string of the molecule is C[C@H](CC(=O)n1ccnc1)NC(=O)OCc1ccccc1. The predicted molar refractivity (Wildman–Crippen MR) is 76.7 cm³/mol. The summed E-state index contributed by atoms with van der Waals surface area (Å²) >= 11 is 0. The monoisotopic (exact) mass is 287 g/mol. The van der Waals surface area contributed by atoms with E-state index in [-0.39, 0.29) is 25.0 Å². The molecule has 1 aromatic carbocycles. The highest BCUT2D eigenvalue weighted by Gasteiger charge is 2.13. The second kappa shape index (κ2) is 7.23. The van der Waals surface area contributed by atoms with Crippen LogP contribution >= 0.6 is 0 Å². The van der Waals surface area contributed by atoms with E-state index < -0.39 is 6.09 Å². The summed E-state index contributed by atoms with van der Waals surface area (Å²) in [4.78, 5) is 27.2. The highest BCUT2D eigenvalue weighted by Crippen LogP contribution is 2.02. The van der Waals surface area contributed by atoms with Gasteiger partial charge in [-0.3, -0.25) is 9.36 Å². The number of benzene rings is 1. The van der Waals surface area contributed by atoms with E-state index in [0.29, 0.717) is 0 Å². The van der Waals surface area contributed by atoms with E-state index in [0.717, 1.165) is 5.56 Å². The molecule has 1 atom stereocenters. The molecule has 6 nitrogen and oxygen atoms in total. The molecule has 110 valence electrons. The molecule has 0 saturated carbocycles. The topological polar surface area (TPSA) is 73.2 Å². The lowest BCUT2D eigenvalue weighted by molar-refractivity contribution is 0.0886. The molecular formula is C15H17N3O3. The van der Waals surface area contributed by atoms with E-state index in [9.17, 15) is 9.59 Å².